The molecule has 0 aromatic carbocycles. The molecule has 1 aliphatic heterocycles. The second-order valence-electron chi connectivity index (χ2n) is 8.21. The molecule has 4 nitrogen and oxygen atoms in total. The lowest BCUT2D eigenvalue weighted by Gasteiger charge is -2.33. The minimum Gasteiger partial charge on any atom is -0.342 e. The minimum atomic E-state index is 0.393. The largest absolute Gasteiger partial charge is 0.342 e. The summed E-state index contributed by atoms with van der Waals surface area (Å²) in [5, 5.41) is 0. The Kier molecular flexibility index (Phi) is 6.55. The average Bonchev–Trinajstić information content (AvgIpc) is 3.25. The summed E-state index contributed by atoms with van der Waals surface area (Å²) in [6.45, 7) is 7.31. The van der Waals surface area contributed by atoms with Crippen molar-refractivity contribution in [1.29, 1.82) is 0 Å². The van der Waals surface area contributed by atoms with E-state index in [2.05, 4.69) is 28.3 Å². The van der Waals surface area contributed by atoms with E-state index in [0.29, 0.717) is 11.8 Å². The second kappa shape index (κ2) is 8.86. The van der Waals surface area contributed by atoms with Crippen molar-refractivity contribution >= 4 is 5.91 Å². The lowest BCUT2D eigenvalue weighted by atomic mass is 9.93. The maximum Gasteiger partial charge on any atom is 0.222 e. The van der Waals surface area contributed by atoms with Crippen molar-refractivity contribution in [2.75, 3.05) is 13.1 Å². The number of carbonyl (C=O) groups is 1. The highest BCUT2D eigenvalue weighted by atomic mass is 16.2. The summed E-state index contributed by atoms with van der Waals surface area (Å²) in [6, 6.07) is 0. The van der Waals surface area contributed by atoms with Gasteiger partial charge in [0.15, 0.2) is 0 Å². The Bertz CT molecular complexity index is 559. The van der Waals surface area contributed by atoms with Crippen LogP contribution < -0.4 is 0 Å². The highest BCUT2D eigenvalue weighted by Gasteiger charge is 2.26. The summed E-state index contributed by atoms with van der Waals surface area (Å²) < 4.78 is 2.36. The third-order valence-corrected chi connectivity index (χ3v) is 6.17. The fraction of sp³-hybridized carbons (Fsp3) is 0.810. The first-order valence-corrected chi connectivity index (χ1v) is 10.5. The molecule has 1 saturated heterocycles. The lowest BCUT2D eigenvalue weighted by molar-refractivity contribution is -0.133. The number of aromatic nitrogens is 2. The molecule has 0 N–H and O–H groups in total. The summed E-state index contributed by atoms with van der Waals surface area (Å²) in [4.78, 5) is 19.4. The van der Waals surface area contributed by atoms with Crippen molar-refractivity contribution in [1.82, 2.24) is 14.5 Å². The number of carbonyl (C=O) groups excluding carboxylic acids is 1. The van der Waals surface area contributed by atoms with Crippen molar-refractivity contribution in [2.24, 2.45) is 11.8 Å². The molecule has 3 rings (SSSR count). The van der Waals surface area contributed by atoms with E-state index < -0.39 is 0 Å². The summed E-state index contributed by atoms with van der Waals surface area (Å²) in [7, 11) is 0. The maximum absolute atomic E-state index is 12.6. The number of rotatable bonds is 7. The van der Waals surface area contributed by atoms with E-state index in [1.54, 1.807) is 0 Å². The molecule has 1 atom stereocenters. The second-order valence-corrected chi connectivity index (χ2v) is 8.21. The molecule has 0 bridgehead atoms. The van der Waals surface area contributed by atoms with Gasteiger partial charge in [0.05, 0.1) is 0 Å². The van der Waals surface area contributed by atoms with Crippen molar-refractivity contribution in [3.05, 3.63) is 17.7 Å². The number of piperidine rings is 1. The van der Waals surface area contributed by atoms with Crippen molar-refractivity contribution in [3.63, 3.8) is 0 Å². The number of hydrogen-bond acceptors (Lipinski definition) is 2. The molecule has 140 valence electrons. The van der Waals surface area contributed by atoms with Crippen LogP contribution in [0.2, 0.25) is 0 Å². The standard InChI is InChI=1S/C21H35N3O/c1-3-12-24-17(2)15-22-20(24)14-19-9-6-13-23(16-19)21(25)11-10-18-7-4-5-8-18/h15,18-19H,3-14,16H2,1-2H3. The first-order valence-electron chi connectivity index (χ1n) is 10.5. The predicted molar refractivity (Wildman–Crippen MR) is 101 cm³/mol. The number of aryl methyl sites for hydroxylation is 1. The van der Waals surface area contributed by atoms with Gasteiger partial charge in [-0.25, -0.2) is 4.98 Å². The molecule has 2 heterocycles. The van der Waals surface area contributed by atoms with Crippen LogP contribution in [-0.2, 0) is 17.8 Å². The van der Waals surface area contributed by atoms with Crippen LogP contribution in [0.1, 0.15) is 76.2 Å². The molecule has 1 aliphatic carbocycles. The first-order chi connectivity index (χ1) is 12.2. The number of likely N-dealkylation sites (tertiary alicyclic amines) is 1. The zero-order valence-electron chi connectivity index (χ0n) is 16.2. The zero-order valence-corrected chi connectivity index (χ0v) is 16.2. The van der Waals surface area contributed by atoms with Crippen LogP contribution in [0, 0.1) is 18.8 Å². The number of imidazole rings is 1. The molecule has 0 radical (unpaired) electrons. The average molecular weight is 346 g/mol. The van der Waals surface area contributed by atoms with Crippen LogP contribution in [0.5, 0.6) is 0 Å². The van der Waals surface area contributed by atoms with Crippen LogP contribution in [0.3, 0.4) is 0 Å². The molecule has 1 aromatic rings. The van der Waals surface area contributed by atoms with Gasteiger partial charge in [-0.15, -0.1) is 0 Å². The Labute approximate surface area is 153 Å². The monoisotopic (exact) mass is 345 g/mol. The predicted octanol–water partition coefficient (Wildman–Crippen LogP) is 4.35. The Morgan fingerprint density at radius 3 is 2.72 bits per heavy atom. The maximum atomic E-state index is 12.6. The minimum absolute atomic E-state index is 0.393. The third kappa shape index (κ3) is 4.86. The summed E-state index contributed by atoms with van der Waals surface area (Å²) in [5.41, 5.74) is 1.26. The van der Waals surface area contributed by atoms with Gasteiger partial charge in [0, 0.05) is 44.4 Å². The van der Waals surface area contributed by atoms with Gasteiger partial charge in [0.2, 0.25) is 5.91 Å². The normalized spacial score (nSPS) is 21.8. The van der Waals surface area contributed by atoms with E-state index in [1.165, 1.54) is 43.6 Å². The molecule has 2 fully saturated rings. The van der Waals surface area contributed by atoms with E-state index >= 15 is 0 Å². The molecule has 0 spiro atoms. The Morgan fingerprint density at radius 2 is 1.96 bits per heavy atom. The first kappa shape index (κ1) is 18.5. The molecule has 1 aromatic heterocycles. The fourth-order valence-electron chi connectivity index (χ4n) is 4.70. The van der Waals surface area contributed by atoms with Crippen LogP contribution >= 0.6 is 0 Å². The summed E-state index contributed by atoms with van der Waals surface area (Å²) in [5.74, 6) is 2.99. The highest BCUT2D eigenvalue weighted by molar-refractivity contribution is 5.76. The fourth-order valence-corrected chi connectivity index (χ4v) is 4.70. The quantitative estimate of drug-likeness (QED) is 0.737. The van der Waals surface area contributed by atoms with Gasteiger partial charge in [0.25, 0.3) is 0 Å². The van der Waals surface area contributed by atoms with Crippen molar-refractivity contribution in [2.45, 2.75) is 84.6 Å². The van der Waals surface area contributed by atoms with Crippen LogP contribution in [0.25, 0.3) is 0 Å². The Hall–Kier alpha value is -1.32. The van der Waals surface area contributed by atoms with Gasteiger partial charge < -0.3 is 9.47 Å². The SMILES string of the molecule is CCCn1c(C)cnc1CC1CCCN(C(=O)CCC2CCCC2)C1. The van der Waals surface area contributed by atoms with Crippen LogP contribution in [-0.4, -0.2) is 33.4 Å². The molecule has 1 saturated carbocycles. The number of hydrogen-bond donors (Lipinski definition) is 0. The smallest absolute Gasteiger partial charge is 0.222 e. The summed E-state index contributed by atoms with van der Waals surface area (Å²) in [6.07, 6.45) is 13.8. The van der Waals surface area contributed by atoms with E-state index in [0.717, 1.165) is 57.7 Å². The Balaban J connectivity index is 1.51. The van der Waals surface area contributed by atoms with E-state index in [4.69, 9.17) is 0 Å². The molecule has 25 heavy (non-hydrogen) atoms. The summed E-state index contributed by atoms with van der Waals surface area (Å²) >= 11 is 0. The van der Waals surface area contributed by atoms with E-state index in [9.17, 15) is 4.79 Å². The van der Waals surface area contributed by atoms with Gasteiger partial charge in [0.1, 0.15) is 5.82 Å². The molecule has 2 aliphatic rings. The Morgan fingerprint density at radius 1 is 1.20 bits per heavy atom. The number of nitrogens with zero attached hydrogens (tertiary/aromatic N) is 3. The molecule has 1 amide bonds. The van der Waals surface area contributed by atoms with Crippen molar-refractivity contribution in [3.8, 4) is 0 Å². The lowest BCUT2D eigenvalue weighted by Crippen LogP contribution is -2.40. The van der Waals surface area contributed by atoms with E-state index in [-0.39, 0.29) is 0 Å². The van der Waals surface area contributed by atoms with Crippen LogP contribution in [0.15, 0.2) is 6.20 Å². The van der Waals surface area contributed by atoms with Gasteiger partial charge in [-0.3, -0.25) is 4.79 Å². The third-order valence-electron chi connectivity index (χ3n) is 6.17. The number of amides is 1. The molecule has 1 unspecified atom stereocenters. The topological polar surface area (TPSA) is 38.1 Å². The van der Waals surface area contributed by atoms with Gasteiger partial charge in [-0.1, -0.05) is 32.6 Å². The van der Waals surface area contributed by atoms with E-state index in [1.807, 2.05) is 6.20 Å². The highest BCUT2D eigenvalue weighted by Crippen LogP contribution is 2.29. The van der Waals surface area contributed by atoms with Gasteiger partial charge in [-0.2, -0.15) is 0 Å². The zero-order chi connectivity index (χ0) is 17.6. The molecular weight excluding hydrogens is 310 g/mol. The van der Waals surface area contributed by atoms with Gasteiger partial charge >= 0.3 is 0 Å². The van der Waals surface area contributed by atoms with Crippen LogP contribution in [0.4, 0.5) is 0 Å². The molecular formula is C21H35N3O. The molecule has 4 heteroatoms. The van der Waals surface area contributed by atoms with Crippen molar-refractivity contribution < 1.29 is 4.79 Å². The van der Waals surface area contributed by atoms with Gasteiger partial charge in [-0.05, 0) is 44.4 Å².